The van der Waals surface area contributed by atoms with E-state index in [9.17, 15) is 0 Å². The Hall–Kier alpha value is -3.85. The molecule has 2 aliphatic rings. The molecule has 2 aliphatic heterocycles. The van der Waals surface area contributed by atoms with Crippen molar-refractivity contribution in [1.29, 1.82) is 0 Å². The van der Waals surface area contributed by atoms with Crippen LogP contribution in [0.5, 0.6) is 0 Å². The van der Waals surface area contributed by atoms with Crippen LogP contribution in [0.1, 0.15) is 136 Å². The minimum absolute atomic E-state index is 0.938. The topological polar surface area (TPSA) is 57.4 Å². The summed E-state index contributed by atoms with van der Waals surface area (Å²) in [5.41, 5.74) is 20.0. The van der Waals surface area contributed by atoms with Gasteiger partial charge in [-0.05, 0) is 74.3 Å². The maximum Gasteiger partial charge on any atom is 0.129 e. The third-order valence-corrected chi connectivity index (χ3v) is 11.4. The molecule has 0 aliphatic carbocycles. The van der Waals surface area contributed by atoms with Crippen molar-refractivity contribution in [3.05, 3.63) is 69.3 Å². The molecule has 5 heterocycles. The van der Waals surface area contributed by atoms with E-state index >= 15 is 0 Å². The second kappa shape index (κ2) is 18.3. The average molecular weight is 727 g/mol. The fourth-order valence-electron chi connectivity index (χ4n) is 6.78. The largest absolute Gasteiger partial charge is 0.354 e. The molecule has 0 unspecified atom stereocenters. The van der Waals surface area contributed by atoms with Crippen LogP contribution in [-0.2, 0) is 12.8 Å². The van der Waals surface area contributed by atoms with Gasteiger partial charge in [0.2, 0.25) is 0 Å². The fraction of sp³-hybridized carbons (Fsp3) is 0.478. The Kier molecular flexibility index (Phi) is 13.8. The van der Waals surface area contributed by atoms with Crippen LogP contribution in [-0.4, -0.2) is 36.1 Å². The first kappa shape index (κ1) is 39.4. The minimum atomic E-state index is -1.65. The average Bonchev–Trinajstić information content (AvgIpc) is 3.92. The minimum Gasteiger partial charge on any atom is -0.354 e. The Morgan fingerprint density at radius 2 is 0.808 bits per heavy atom. The predicted octanol–water partition coefficient (Wildman–Crippen LogP) is 12.9. The van der Waals surface area contributed by atoms with E-state index in [1.165, 1.54) is 75.3 Å². The standard InChI is InChI=1S/C46H62N4Si2/c1-9-11-13-15-17-19-21-35-39-23-27-43(47-39)37(31-33-51(3,4)5)45-29-25-41(49-45)36(22-20-18-16-14-12-10-2)42-26-30-46(50-42)38(32-34-52(6,7)8)44-28-24-40(35)48-44/h23-30,47,50H,9-22H2,1-8H3. The van der Waals surface area contributed by atoms with Gasteiger partial charge < -0.3 is 9.97 Å². The molecular formula is C46H62N4Si2. The summed E-state index contributed by atoms with van der Waals surface area (Å²) in [7, 11) is -3.30. The molecule has 0 spiro atoms. The first-order valence-electron chi connectivity index (χ1n) is 20.2. The number of hydrogen-bond donors (Lipinski definition) is 2. The van der Waals surface area contributed by atoms with Crippen molar-refractivity contribution in [2.45, 2.75) is 143 Å². The van der Waals surface area contributed by atoms with E-state index in [-0.39, 0.29) is 0 Å². The van der Waals surface area contributed by atoms with Crippen LogP contribution in [0.15, 0.2) is 24.3 Å². The van der Waals surface area contributed by atoms with Crippen molar-refractivity contribution in [3.63, 3.8) is 0 Å². The summed E-state index contributed by atoms with van der Waals surface area (Å²) < 4.78 is 0. The van der Waals surface area contributed by atoms with Gasteiger partial charge in [0, 0.05) is 22.2 Å². The Labute approximate surface area is 316 Å². The van der Waals surface area contributed by atoms with Gasteiger partial charge in [-0.2, -0.15) is 0 Å². The molecule has 274 valence electrons. The van der Waals surface area contributed by atoms with Crippen molar-refractivity contribution in [2.24, 2.45) is 0 Å². The van der Waals surface area contributed by atoms with E-state index in [1.54, 1.807) is 0 Å². The van der Waals surface area contributed by atoms with Crippen molar-refractivity contribution >= 4 is 62.5 Å². The van der Waals surface area contributed by atoms with Crippen LogP contribution in [0.3, 0.4) is 0 Å². The van der Waals surface area contributed by atoms with Crippen LogP contribution in [0.2, 0.25) is 39.3 Å². The number of nitrogens with one attached hydrogen (secondary N) is 2. The number of nitrogens with zero attached hydrogens (tertiary/aromatic N) is 2. The van der Waals surface area contributed by atoms with Gasteiger partial charge in [0.15, 0.2) is 0 Å². The zero-order chi connectivity index (χ0) is 37.1. The molecule has 0 atom stereocenters. The number of unbranched alkanes of at least 4 members (excludes halogenated alkanes) is 10. The van der Waals surface area contributed by atoms with Crippen molar-refractivity contribution < 1.29 is 0 Å². The Morgan fingerprint density at radius 3 is 1.19 bits per heavy atom. The maximum absolute atomic E-state index is 5.35. The Bertz CT molecular complexity index is 1910. The van der Waals surface area contributed by atoms with Crippen LogP contribution in [0, 0.1) is 22.9 Å². The quantitative estimate of drug-likeness (QED) is 0.0680. The van der Waals surface area contributed by atoms with E-state index in [1.807, 2.05) is 0 Å². The van der Waals surface area contributed by atoms with Gasteiger partial charge in [0.05, 0.1) is 44.9 Å². The van der Waals surface area contributed by atoms with Gasteiger partial charge in [-0.25, -0.2) is 9.97 Å². The highest BCUT2D eigenvalue weighted by molar-refractivity contribution is 6.84. The summed E-state index contributed by atoms with van der Waals surface area (Å²) in [5, 5.41) is 0. The lowest BCUT2D eigenvalue weighted by Crippen LogP contribution is -2.16. The molecule has 0 saturated carbocycles. The highest BCUT2D eigenvalue weighted by atomic mass is 28.3. The highest BCUT2D eigenvalue weighted by Gasteiger charge is 2.17. The monoisotopic (exact) mass is 726 g/mol. The van der Waals surface area contributed by atoms with Crippen LogP contribution in [0.25, 0.3) is 46.4 Å². The number of aryl methyl sites for hydroxylation is 2. The lowest BCUT2D eigenvalue weighted by atomic mass is 10.0. The molecule has 52 heavy (non-hydrogen) atoms. The van der Waals surface area contributed by atoms with Crippen LogP contribution >= 0.6 is 0 Å². The second-order valence-corrected chi connectivity index (χ2v) is 26.2. The summed E-state index contributed by atoms with van der Waals surface area (Å²) in [6.07, 6.45) is 25.8. The van der Waals surface area contributed by atoms with Gasteiger partial charge in [-0.15, -0.1) is 11.1 Å². The molecule has 8 bridgehead atoms. The summed E-state index contributed by atoms with van der Waals surface area (Å²) in [6.45, 7) is 18.4. The number of hydrogen-bond acceptors (Lipinski definition) is 2. The molecule has 4 nitrogen and oxygen atoms in total. The van der Waals surface area contributed by atoms with Gasteiger partial charge in [0.1, 0.15) is 16.1 Å². The zero-order valence-electron chi connectivity index (χ0n) is 33.4. The Morgan fingerprint density at radius 1 is 0.462 bits per heavy atom. The molecule has 0 fully saturated rings. The number of aromatic amines is 2. The third-order valence-electron chi connectivity index (χ3n) is 9.66. The maximum atomic E-state index is 5.35. The van der Waals surface area contributed by atoms with E-state index in [4.69, 9.17) is 9.97 Å². The second-order valence-electron chi connectivity index (χ2n) is 16.7. The molecule has 3 aromatic heterocycles. The molecular weight excluding hydrogens is 665 g/mol. The molecule has 5 rings (SSSR count). The molecule has 0 saturated heterocycles. The number of aromatic nitrogens is 4. The molecule has 0 aromatic carbocycles. The number of rotatable bonds is 14. The summed E-state index contributed by atoms with van der Waals surface area (Å²) >= 11 is 0. The normalized spacial score (nSPS) is 12.5. The molecule has 0 amide bonds. The van der Waals surface area contributed by atoms with Gasteiger partial charge in [-0.1, -0.05) is 129 Å². The van der Waals surface area contributed by atoms with Crippen LogP contribution in [0.4, 0.5) is 0 Å². The first-order chi connectivity index (χ1) is 25.0. The van der Waals surface area contributed by atoms with Crippen LogP contribution < -0.4 is 0 Å². The lowest BCUT2D eigenvalue weighted by molar-refractivity contribution is 0.607. The zero-order valence-corrected chi connectivity index (χ0v) is 35.4. The smallest absolute Gasteiger partial charge is 0.129 e. The van der Waals surface area contributed by atoms with E-state index in [0.717, 1.165) is 81.7 Å². The lowest BCUT2D eigenvalue weighted by Gasteiger charge is -2.06. The summed E-state index contributed by atoms with van der Waals surface area (Å²) in [6, 6.07) is 8.87. The number of H-pyrrole nitrogens is 2. The molecule has 2 N–H and O–H groups in total. The first-order valence-corrected chi connectivity index (χ1v) is 27.2. The van der Waals surface area contributed by atoms with Crippen molar-refractivity contribution in [1.82, 2.24) is 19.9 Å². The van der Waals surface area contributed by atoms with E-state index < -0.39 is 16.1 Å². The molecule has 0 radical (unpaired) electrons. The Balaban J connectivity index is 1.78. The molecule has 6 heteroatoms. The van der Waals surface area contributed by atoms with E-state index in [2.05, 4.69) is 135 Å². The third kappa shape index (κ3) is 11.1. The molecule has 3 aromatic rings. The SMILES string of the molecule is CCCCCCCCc1c2nc(c(C#C[Si](C)(C)C)c3ccc([nH]3)c(CCCCCCCC)c3nc(c(C#C[Si](C)(C)C)c4ccc1[nH]4)C=C3)C=C2. The van der Waals surface area contributed by atoms with Crippen molar-refractivity contribution in [3.8, 4) is 22.9 Å². The fourth-order valence-corrected chi connectivity index (χ4v) is 7.78. The highest BCUT2D eigenvalue weighted by Crippen LogP contribution is 2.28. The predicted molar refractivity (Wildman–Crippen MR) is 233 cm³/mol. The summed E-state index contributed by atoms with van der Waals surface area (Å²) in [4.78, 5) is 18.4. The summed E-state index contributed by atoms with van der Waals surface area (Å²) in [5.74, 6) is 7.28. The van der Waals surface area contributed by atoms with Gasteiger partial charge in [-0.3, -0.25) is 0 Å². The van der Waals surface area contributed by atoms with Gasteiger partial charge in [0.25, 0.3) is 0 Å². The van der Waals surface area contributed by atoms with E-state index in [0.29, 0.717) is 0 Å². The van der Waals surface area contributed by atoms with Crippen molar-refractivity contribution in [2.75, 3.05) is 0 Å². The van der Waals surface area contributed by atoms with Gasteiger partial charge >= 0.3 is 0 Å². The number of fused-ring (bicyclic) bond motifs is 8.